The van der Waals surface area contributed by atoms with E-state index in [1.54, 1.807) is 18.4 Å². The van der Waals surface area contributed by atoms with Crippen molar-refractivity contribution >= 4 is 15.9 Å². The summed E-state index contributed by atoms with van der Waals surface area (Å²) in [5, 5.41) is 0. The second kappa shape index (κ2) is 6.85. The van der Waals surface area contributed by atoms with Crippen LogP contribution in [0.3, 0.4) is 0 Å². The lowest BCUT2D eigenvalue weighted by molar-refractivity contribution is -0.137. The predicted molar refractivity (Wildman–Crippen MR) is 87.9 cm³/mol. The molecule has 2 aliphatic heterocycles. The second-order valence-electron chi connectivity index (χ2n) is 6.76. The minimum atomic E-state index is -3.22. The Morgan fingerprint density at radius 2 is 2.29 bits per heavy atom. The van der Waals surface area contributed by atoms with E-state index in [1.807, 2.05) is 4.90 Å². The van der Waals surface area contributed by atoms with Gasteiger partial charge in [0.2, 0.25) is 15.9 Å². The van der Waals surface area contributed by atoms with Gasteiger partial charge in [0.05, 0.1) is 30.6 Å². The van der Waals surface area contributed by atoms with Crippen LogP contribution in [0.4, 0.5) is 0 Å². The van der Waals surface area contributed by atoms with Gasteiger partial charge in [-0.25, -0.2) is 13.1 Å². The first kappa shape index (κ1) is 17.4. The zero-order valence-corrected chi connectivity index (χ0v) is 14.7. The van der Waals surface area contributed by atoms with Crippen molar-refractivity contribution in [1.82, 2.24) is 9.62 Å². The number of amides is 1. The van der Waals surface area contributed by atoms with E-state index in [0.29, 0.717) is 25.4 Å². The van der Waals surface area contributed by atoms with E-state index in [0.717, 1.165) is 31.9 Å². The predicted octanol–water partition coefficient (Wildman–Crippen LogP) is 0.912. The van der Waals surface area contributed by atoms with Gasteiger partial charge in [0.15, 0.2) is 0 Å². The van der Waals surface area contributed by atoms with Gasteiger partial charge in [-0.1, -0.05) is 0 Å². The van der Waals surface area contributed by atoms with Gasteiger partial charge in [-0.15, -0.1) is 0 Å². The van der Waals surface area contributed by atoms with Crippen LogP contribution in [-0.4, -0.2) is 56.8 Å². The van der Waals surface area contributed by atoms with Crippen molar-refractivity contribution in [2.24, 2.45) is 0 Å². The Morgan fingerprint density at radius 3 is 3.00 bits per heavy atom. The van der Waals surface area contributed by atoms with Crippen LogP contribution >= 0.6 is 0 Å². The fraction of sp³-hybridized carbons (Fsp3) is 0.688. The molecule has 3 rings (SSSR count). The molecule has 1 aromatic heterocycles. The van der Waals surface area contributed by atoms with Gasteiger partial charge >= 0.3 is 0 Å². The number of nitrogens with one attached hydrogen (secondary N) is 1. The van der Waals surface area contributed by atoms with Crippen LogP contribution in [0.15, 0.2) is 22.8 Å². The Kier molecular flexibility index (Phi) is 4.98. The maximum atomic E-state index is 12.4. The van der Waals surface area contributed by atoms with Crippen molar-refractivity contribution in [2.45, 2.75) is 43.8 Å². The molecule has 1 amide bonds. The highest BCUT2D eigenvalue weighted by molar-refractivity contribution is 7.88. The van der Waals surface area contributed by atoms with E-state index < -0.39 is 10.0 Å². The quantitative estimate of drug-likeness (QED) is 0.847. The number of carbonyl (C=O) groups is 1. The smallest absolute Gasteiger partial charge is 0.230 e. The topological polar surface area (TPSA) is 88.9 Å². The fourth-order valence-electron chi connectivity index (χ4n) is 3.54. The van der Waals surface area contributed by atoms with Crippen LogP contribution in [-0.2, 0) is 26.0 Å². The molecule has 0 radical (unpaired) electrons. The maximum Gasteiger partial charge on any atom is 0.230 e. The van der Waals surface area contributed by atoms with Crippen LogP contribution in [0.2, 0.25) is 0 Å². The molecule has 24 heavy (non-hydrogen) atoms. The van der Waals surface area contributed by atoms with Crippen molar-refractivity contribution in [1.29, 1.82) is 0 Å². The Morgan fingerprint density at radius 1 is 1.46 bits per heavy atom. The maximum absolute atomic E-state index is 12.4. The summed E-state index contributed by atoms with van der Waals surface area (Å²) in [7, 11) is -3.22. The third-order valence-corrected chi connectivity index (χ3v) is 5.41. The van der Waals surface area contributed by atoms with Crippen LogP contribution in [0.5, 0.6) is 0 Å². The molecule has 0 aromatic carbocycles. The normalized spacial score (nSPS) is 27.7. The van der Waals surface area contributed by atoms with Crippen molar-refractivity contribution in [3.63, 3.8) is 0 Å². The number of furan rings is 1. The summed E-state index contributed by atoms with van der Waals surface area (Å²) in [4.78, 5) is 14.2. The molecule has 0 aliphatic carbocycles. The minimum Gasteiger partial charge on any atom is -0.469 e. The minimum absolute atomic E-state index is 0.0433. The third-order valence-electron chi connectivity index (χ3n) is 4.72. The largest absolute Gasteiger partial charge is 0.469 e. The number of hydrogen-bond donors (Lipinski definition) is 1. The highest BCUT2D eigenvalue weighted by Crippen LogP contribution is 2.36. The van der Waals surface area contributed by atoms with Crippen molar-refractivity contribution in [2.75, 3.05) is 25.9 Å². The highest BCUT2D eigenvalue weighted by atomic mass is 32.2. The lowest BCUT2D eigenvalue weighted by atomic mass is 9.90. The molecule has 2 saturated heterocycles. The number of carbonyl (C=O) groups excluding carboxylic acids is 1. The summed E-state index contributed by atoms with van der Waals surface area (Å²) in [5.41, 5.74) is -0.332. The molecule has 1 aromatic rings. The molecule has 134 valence electrons. The summed E-state index contributed by atoms with van der Waals surface area (Å²) in [6.45, 7) is 1.54. The van der Waals surface area contributed by atoms with Crippen LogP contribution in [0, 0.1) is 0 Å². The third kappa shape index (κ3) is 4.37. The lowest BCUT2D eigenvalue weighted by Crippen LogP contribution is -2.47. The van der Waals surface area contributed by atoms with Gasteiger partial charge in [0.25, 0.3) is 0 Å². The van der Waals surface area contributed by atoms with Gasteiger partial charge < -0.3 is 14.1 Å². The Bertz CT molecular complexity index is 673. The first-order valence-electron chi connectivity index (χ1n) is 8.28. The first-order chi connectivity index (χ1) is 11.4. The molecular formula is C16H24N2O5S. The van der Waals surface area contributed by atoms with E-state index >= 15 is 0 Å². The molecule has 1 spiro atoms. The Balaban J connectivity index is 1.55. The van der Waals surface area contributed by atoms with Gasteiger partial charge in [-0.05, 0) is 37.8 Å². The van der Waals surface area contributed by atoms with Crippen molar-refractivity contribution in [3.05, 3.63) is 24.2 Å². The monoisotopic (exact) mass is 356 g/mol. The van der Waals surface area contributed by atoms with E-state index in [-0.39, 0.29) is 24.0 Å². The summed E-state index contributed by atoms with van der Waals surface area (Å²) in [6.07, 6.45) is 6.38. The zero-order valence-electron chi connectivity index (χ0n) is 13.9. The molecule has 3 heterocycles. The SMILES string of the molecule is CS(=O)(=O)NC[C@@H]1CCC[C@@]2(CCN(C(=O)Cc3ccco3)C2)O1. The van der Waals surface area contributed by atoms with Gasteiger partial charge in [0, 0.05) is 19.6 Å². The van der Waals surface area contributed by atoms with E-state index in [9.17, 15) is 13.2 Å². The Labute approximate surface area is 142 Å². The molecule has 0 unspecified atom stereocenters. The second-order valence-corrected chi connectivity index (χ2v) is 8.59. The standard InChI is InChI=1S/C16H24N2O5S/c1-24(20,21)17-11-14-4-2-6-16(23-14)7-8-18(12-16)15(19)10-13-5-3-9-22-13/h3,5,9,14,17H,2,4,6-8,10-12H2,1H3/t14-,16-/m0/s1. The van der Waals surface area contributed by atoms with Gasteiger partial charge in [-0.3, -0.25) is 4.79 Å². The number of rotatable bonds is 5. The number of ether oxygens (including phenoxy) is 1. The summed E-state index contributed by atoms with van der Waals surface area (Å²) >= 11 is 0. The summed E-state index contributed by atoms with van der Waals surface area (Å²) in [6, 6.07) is 3.57. The summed E-state index contributed by atoms with van der Waals surface area (Å²) < 4.78 is 36.5. The molecule has 0 bridgehead atoms. The lowest BCUT2D eigenvalue weighted by Gasteiger charge is -2.38. The molecule has 1 N–H and O–H groups in total. The Hall–Kier alpha value is -1.38. The summed E-state index contributed by atoms with van der Waals surface area (Å²) in [5.74, 6) is 0.711. The molecule has 7 nitrogen and oxygen atoms in total. The average Bonchev–Trinajstić information content (AvgIpc) is 3.15. The van der Waals surface area contributed by atoms with Crippen LogP contribution in [0.1, 0.15) is 31.4 Å². The molecule has 8 heteroatoms. The van der Waals surface area contributed by atoms with E-state index in [4.69, 9.17) is 9.15 Å². The molecule has 2 atom stereocenters. The number of hydrogen-bond acceptors (Lipinski definition) is 5. The van der Waals surface area contributed by atoms with Crippen LogP contribution in [0.25, 0.3) is 0 Å². The molecule has 2 aliphatic rings. The molecule has 0 saturated carbocycles. The highest BCUT2D eigenvalue weighted by Gasteiger charge is 2.44. The van der Waals surface area contributed by atoms with Gasteiger partial charge in [0.1, 0.15) is 5.76 Å². The first-order valence-corrected chi connectivity index (χ1v) is 10.2. The fourth-order valence-corrected chi connectivity index (χ4v) is 4.03. The van der Waals surface area contributed by atoms with Crippen molar-refractivity contribution < 1.29 is 22.4 Å². The molecule has 2 fully saturated rings. The van der Waals surface area contributed by atoms with Crippen LogP contribution < -0.4 is 4.72 Å². The van der Waals surface area contributed by atoms with Crippen molar-refractivity contribution in [3.8, 4) is 0 Å². The van der Waals surface area contributed by atoms with E-state index in [1.165, 1.54) is 0 Å². The number of sulfonamides is 1. The van der Waals surface area contributed by atoms with Gasteiger partial charge in [-0.2, -0.15) is 0 Å². The zero-order chi connectivity index (χ0) is 17.2. The molecular weight excluding hydrogens is 332 g/mol. The van der Waals surface area contributed by atoms with E-state index in [2.05, 4.69) is 4.72 Å². The number of nitrogens with zero attached hydrogens (tertiary/aromatic N) is 1. The average molecular weight is 356 g/mol. The number of likely N-dealkylation sites (tertiary alicyclic amines) is 1.